The number of cyclic esters (lactones) is 1. The molecule has 1 aromatic heterocycles. The van der Waals surface area contributed by atoms with Crippen molar-refractivity contribution < 1.29 is 73.1 Å². The Kier molecular flexibility index (Phi) is 20.4. The average molecular weight is 1080 g/mol. The van der Waals surface area contributed by atoms with Gasteiger partial charge >= 0.3 is 17.9 Å². The first-order valence-electron chi connectivity index (χ1n) is 27.4. The van der Waals surface area contributed by atoms with E-state index >= 15 is 0 Å². The number of benzene rings is 1. The van der Waals surface area contributed by atoms with Gasteiger partial charge in [0.05, 0.1) is 47.9 Å². The van der Waals surface area contributed by atoms with Crippen molar-refractivity contribution in [1.29, 1.82) is 0 Å². The summed E-state index contributed by atoms with van der Waals surface area (Å²) in [5.41, 5.74) is -2.59. The quantitative estimate of drug-likeness (QED) is 0.104. The van der Waals surface area contributed by atoms with Crippen LogP contribution in [0.1, 0.15) is 129 Å². The van der Waals surface area contributed by atoms with Crippen molar-refractivity contribution >= 4 is 28.8 Å². The Labute approximate surface area is 448 Å². The van der Waals surface area contributed by atoms with Gasteiger partial charge in [0.15, 0.2) is 18.7 Å². The zero-order valence-corrected chi connectivity index (χ0v) is 47.4. The van der Waals surface area contributed by atoms with Crippen LogP contribution in [-0.4, -0.2) is 196 Å². The molecule has 430 valence electrons. The van der Waals surface area contributed by atoms with Gasteiger partial charge < -0.3 is 78.4 Å². The number of esters is 2. The highest BCUT2D eigenvalue weighted by Crippen LogP contribution is 2.41. The largest absolute Gasteiger partial charge is 0.477 e. The molecule has 0 unspecified atom stereocenters. The Hall–Kier alpha value is -3.64. The van der Waals surface area contributed by atoms with Crippen LogP contribution in [0.4, 0.5) is 0 Å². The fraction of sp³-hybridized carbons (Fsp3) is 0.786. The summed E-state index contributed by atoms with van der Waals surface area (Å²) in [5, 5.41) is 61.4. The van der Waals surface area contributed by atoms with Crippen LogP contribution in [0, 0.1) is 17.8 Å². The van der Waals surface area contributed by atoms with E-state index in [0.29, 0.717) is 50.8 Å². The number of hydrogen-bond acceptors (Lipinski definition) is 18. The molecule has 20 heteroatoms. The number of aliphatic hydroxyl groups excluding tert-OH is 2. The highest BCUT2D eigenvalue weighted by atomic mass is 16.7. The predicted octanol–water partition coefficient (Wildman–Crippen LogP) is 3.63. The van der Waals surface area contributed by atoms with Crippen molar-refractivity contribution in [2.75, 3.05) is 47.9 Å². The summed E-state index contributed by atoms with van der Waals surface area (Å²) in [6.07, 6.45) is -5.47. The number of aromatic nitrogens is 1. The Morgan fingerprint density at radius 2 is 1.66 bits per heavy atom. The molecule has 6 N–H and O–H groups in total. The maximum atomic E-state index is 14.6. The third kappa shape index (κ3) is 13.7. The first kappa shape index (κ1) is 61.6. The van der Waals surface area contributed by atoms with E-state index in [4.69, 9.17) is 33.2 Å². The van der Waals surface area contributed by atoms with Crippen molar-refractivity contribution in [2.45, 2.75) is 217 Å². The van der Waals surface area contributed by atoms with Gasteiger partial charge in [0.25, 0.3) is 0 Å². The molecule has 2 aromatic rings. The van der Waals surface area contributed by atoms with Crippen molar-refractivity contribution in [3.8, 4) is 0 Å². The maximum Gasteiger partial charge on any atom is 0.341 e. The smallest absolute Gasteiger partial charge is 0.341 e. The van der Waals surface area contributed by atoms with Gasteiger partial charge in [0.1, 0.15) is 35.1 Å². The van der Waals surface area contributed by atoms with E-state index in [2.05, 4.69) is 11.4 Å². The number of nitrogens with zero attached hydrogens (tertiary/aromatic N) is 3. The molecular formula is C56H90N4O16. The summed E-state index contributed by atoms with van der Waals surface area (Å²) in [7, 11) is 7.09. The van der Waals surface area contributed by atoms with E-state index in [9.17, 15) is 44.7 Å². The van der Waals surface area contributed by atoms with E-state index in [1.807, 2.05) is 49.4 Å². The Bertz CT molecular complexity index is 2380. The molecule has 0 saturated carbocycles. The lowest BCUT2D eigenvalue weighted by Gasteiger charge is -2.49. The molecule has 0 amide bonds. The zero-order chi connectivity index (χ0) is 56.4. The number of pyridine rings is 1. The minimum atomic E-state index is -1.86. The highest BCUT2D eigenvalue weighted by Gasteiger charge is 2.54. The van der Waals surface area contributed by atoms with E-state index in [1.165, 1.54) is 20.2 Å². The average Bonchev–Trinajstić information content (AvgIpc) is 3.76. The lowest BCUT2D eigenvalue weighted by atomic mass is 9.77. The standard InChI is InChI=1S/C56H90N4O16/c1-15-41-56(10,69)48(64)34(6)59(13)28-30(2)26-54(8,68)49(76-53-46(63)40(58(11)12)23-31(3)71-53)32(4)47(33(5)52(67)73-41)75-43-27-55(9,70-14)50(35(7)72-43)74-42(61)18-21-57-20-16-17-36-24-37-19-22-60-29-39(51(65)66)45(62)38(25-36)44(37)60/h24-25,29-35,40-41,43,46-50,53,57,63-64,68-69H,15-23,26-28H2,1-14H3,(H,65,66)/t30-,31-,32+,33-,34+,35+,40+,41-,43+,46-,47+,48+,49-,50+,53+,54-,55-,56-/m1/s1. The number of carboxylic acids is 1. The molecule has 5 heterocycles. The van der Waals surface area contributed by atoms with Crippen molar-refractivity contribution in [3.05, 3.63) is 45.2 Å². The molecule has 3 saturated heterocycles. The van der Waals surface area contributed by atoms with Crippen molar-refractivity contribution in [3.63, 3.8) is 0 Å². The van der Waals surface area contributed by atoms with Gasteiger partial charge in [-0.1, -0.05) is 26.8 Å². The number of aromatic carboxylic acids is 1. The van der Waals surface area contributed by atoms with Crippen LogP contribution in [0.15, 0.2) is 23.1 Å². The summed E-state index contributed by atoms with van der Waals surface area (Å²) >= 11 is 0. The molecular weight excluding hydrogens is 985 g/mol. The van der Waals surface area contributed by atoms with E-state index < -0.39 is 113 Å². The number of methoxy groups -OCH3 is 1. The van der Waals surface area contributed by atoms with Gasteiger partial charge in [-0.25, -0.2) is 4.79 Å². The molecule has 0 spiro atoms. The molecule has 4 aliphatic rings. The lowest BCUT2D eigenvalue weighted by molar-refractivity contribution is -0.318. The van der Waals surface area contributed by atoms with Crippen LogP contribution in [0.5, 0.6) is 0 Å². The lowest BCUT2D eigenvalue weighted by Crippen LogP contribution is -2.61. The molecule has 3 fully saturated rings. The number of carboxylic acid groups (broad SMARTS) is 1. The van der Waals surface area contributed by atoms with Gasteiger partial charge in [-0.3, -0.25) is 14.4 Å². The Morgan fingerprint density at radius 1 is 0.961 bits per heavy atom. The van der Waals surface area contributed by atoms with Gasteiger partial charge in [-0.05, 0) is 138 Å². The Balaban J connectivity index is 1.18. The minimum absolute atomic E-state index is 0.0467. The number of carbonyl (C=O) groups is 3. The molecule has 18 atom stereocenters. The van der Waals surface area contributed by atoms with Crippen molar-refractivity contribution in [2.24, 2.45) is 17.8 Å². The third-order valence-electron chi connectivity index (χ3n) is 16.9. The summed E-state index contributed by atoms with van der Waals surface area (Å²) < 4.78 is 46.7. The molecule has 20 nitrogen and oxygen atoms in total. The number of hydrogen-bond donors (Lipinski definition) is 6. The SMILES string of the molecule is CC[C@H]1OC(=O)[C@H](C)[C@@H](O[C@H]2C[C@@](C)(OC)[C@@H](OC(=O)CCNCCCc3cc4c5c(c3)c(=O)c(C(=O)O)cn5CC4)[C@H](C)O2)[C@H](C)[C@@H](O[C@@H]2O[C@H](C)C[C@H](N(C)C)[C@H]2O)[C@](C)(O)C[C@@H](C)CN(C)[C@@H](C)[C@H](O)[C@]1(C)O. The zero-order valence-electron chi connectivity index (χ0n) is 47.4. The first-order valence-corrected chi connectivity index (χ1v) is 27.4. The molecule has 76 heavy (non-hydrogen) atoms. The number of carbonyl (C=O) groups excluding carboxylic acids is 2. The predicted molar refractivity (Wildman–Crippen MR) is 283 cm³/mol. The number of nitrogens with one attached hydrogen (secondary N) is 1. The second-order valence-corrected chi connectivity index (χ2v) is 23.5. The Morgan fingerprint density at radius 3 is 2.30 bits per heavy atom. The fourth-order valence-electron chi connectivity index (χ4n) is 12.5. The maximum absolute atomic E-state index is 14.6. The normalized spacial score (nSPS) is 38.1. The summed E-state index contributed by atoms with van der Waals surface area (Å²) in [6.45, 7) is 19.5. The van der Waals surface area contributed by atoms with Crippen LogP contribution in [0.3, 0.4) is 0 Å². The summed E-state index contributed by atoms with van der Waals surface area (Å²) in [6, 6.07) is 2.96. The summed E-state index contributed by atoms with van der Waals surface area (Å²) in [4.78, 5) is 56.7. The topological polar surface area (TPSA) is 257 Å². The van der Waals surface area contributed by atoms with Crippen LogP contribution in [0.2, 0.25) is 0 Å². The van der Waals surface area contributed by atoms with Gasteiger partial charge in [-0.15, -0.1) is 0 Å². The molecule has 0 bridgehead atoms. The number of aryl methyl sites for hydroxylation is 3. The van der Waals surface area contributed by atoms with Gasteiger partial charge in [-0.2, -0.15) is 0 Å². The van der Waals surface area contributed by atoms with E-state index in [0.717, 1.165) is 23.1 Å². The highest BCUT2D eigenvalue weighted by molar-refractivity contribution is 5.94. The summed E-state index contributed by atoms with van der Waals surface area (Å²) in [5.74, 6) is -4.58. The van der Waals surface area contributed by atoms with Gasteiger partial charge in [0.2, 0.25) is 5.43 Å². The van der Waals surface area contributed by atoms with E-state index in [1.54, 1.807) is 54.5 Å². The minimum Gasteiger partial charge on any atom is -0.477 e. The molecule has 0 aliphatic carbocycles. The first-order chi connectivity index (χ1) is 35.5. The monoisotopic (exact) mass is 1070 g/mol. The van der Waals surface area contributed by atoms with Crippen LogP contribution in [-0.2, 0) is 62.1 Å². The number of aliphatic hydroxyl groups is 4. The second-order valence-electron chi connectivity index (χ2n) is 23.5. The van der Waals surface area contributed by atoms with Crippen LogP contribution < -0.4 is 10.7 Å². The number of rotatable bonds is 16. The van der Waals surface area contributed by atoms with Gasteiger partial charge in [0, 0.05) is 62.7 Å². The molecule has 4 aliphatic heterocycles. The number of ether oxygens (including phenoxy) is 7. The van der Waals surface area contributed by atoms with Crippen LogP contribution >= 0.6 is 0 Å². The third-order valence-corrected chi connectivity index (χ3v) is 16.9. The molecule has 6 rings (SSSR count). The van der Waals surface area contributed by atoms with Crippen molar-refractivity contribution in [1.82, 2.24) is 19.7 Å². The second kappa shape index (κ2) is 25.2. The van der Waals surface area contributed by atoms with E-state index in [-0.39, 0.29) is 49.3 Å². The molecule has 1 aromatic carbocycles. The fourth-order valence-corrected chi connectivity index (χ4v) is 12.5. The van der Waals surface area contributed by atoms with Crippen LogP contribution in [0.25, 0.3) is 10.9 Å². The number of likely N-dealkylation sites (N-methyl/N-ethyl adjacent to an activating group) is 2. The molecule has 0 radical (unpaired) electrons.